The van der Waals surface area contributed by atoms with Crippen molar-refractivity contribution in [1.29, 1.82) is 0 Å². The number of ketones is 1. The second-order valence-corrected chi connectivity index (χ2v) is 5.39. The summed E-state index contributed by atoms with van der Waals surface area (Å²) in [6.07, 6.45) is 1.35. The smallest absolute Gasteiger partial charge is 0.253 e. The van der Waals surface area contributed by atoms with Crippen molar-refractivity contribution in [2.75, 3.05) is 14.1 Å². The number of aromatic nitrogens is 1. The van der Waals surface area contributed by atoms with Gasteiger partial charge in [-0.25, -0.2) is 9.37 Å². The lowest BCUT2D eigenvalue weighted by molar-refractivity contribution is 0.0827. The molecule has 114 valence electrons. The molecule has 22 heavy (non-hydrogen) atoms. The normalized spacial score (nSPS) is 10.4. The first-order valence-corrected chi connectivity index (χ1v) is 6.87. The lowest BCUT2D eigenvalue weighted by atomic mass is 9.98. The highest BCUT2D eigenvalue weighted by atomic mass is 35.5. The van der Waals surface area contributed by atoms with Crippen LogP contribution in [0.2, 0.25) is 5.15 Å². The third-order valence-electron chi connectivity index (χ3n) is 3.16. The van der Waals surface area contributed by atoms with Gasteiger partial charge in [0.1, 0.15) is 11.0 Å². The van der Waals surface area contributed by atoms with Crippen LogP contribution in [-0.2, 0) is 0 Å². The Morgan fingerprint density at radius 2 is 1.86 bits per heavy atom. The lowest BCUT2D eigenvalue weighted by Crippen LogP contribution is -2.21. The van der Waals surface area contributed by atoms with Crippen molar-refractivity contribution >= 4 is 23.3 Å². The second kappa shape index (κ2) is 6.23. The fourth-order valence-electron chi connectivity index (χ4n) is 2.06. The van der Waals surface area contributed by atoms with Crippen molar-refractivity contribution in [3.63, 3.8) is 0 Å². The van der Waals surface area contributed by atoms with Crippen LogP contribution in [0.4, 0.5) is 4.39 Å². The van der Waals surface area contributed by atoms with Crippen molar-refractivity contribution < 1.29 is 14.0 Å². The molecule has 0 saturated heterocycles. The summed E-state index contributed by atoms with van der Waals surface area (Å²) >= 11 is 5.78. The fraction of sp³-hybridized carbons (Fsp3) is 0.188. The molecule has 1 aromatic carbocycles. The van der Waals surface area contributed by atoms with Crippen LogP contribution in [0.5, 0.6) is 0 Å². The number of Topliss-reactive ketones (excluding diaryl/α,β-unsaturated/α-hetero) is 1. The van der Waals surface area contributed by atoms with E-state index in [4.69, 9.17) is 11.6 Å². The highest BCUT2D eigenvalue weighted by Crippen LogP contribution is 2.28. The number of carbonyl (C=O) groups is 2. The highest BCUT2D eigenvalue weighted by molar-refractivity contribution is 6.30. The fourth-order valence-corrected chi connectivity index (χ4v) is 2.22. The first kappa shape index (κ1) is 16.1. The van der Waals surface area contributed by atoms with E-state index in [0.717, 1.165) is 6.07 Å². The third kappa shape index (κ3) is 3.14. The number of rotatable bonds is 3. The molecule has 1 heterocycles. The van der Waals surface area contributed by atoms with Crippen molar-refractivity contribution in [3.05, 3.63) is 52.6 Å². The van der Waals surface area contributed by atoms with Crippen LogP contribution in [-0.4, -0.2) is 35.7 Å². The van der Waals surface area contributed by atoms with Gasteiger partial charge in [-0.2, -0.15) is 0 Å². The zero-order chi connectivity index (χ0) is 16.4. The molecule has 0 N–H and O–H groups in total. The first-order valence-electron chi connectivity index (χ1n) is 6.49. The van der Waals surface area contributed by atoms with Crippen LogP contribution in [0.15, 0.2) is 30.5 Å². The minimum atomic E-state index is -0.598. The lowest BCUT2D eigenvalue weighted by Gasteiger charge is -2.12. The zero-order valence-electron chi connectivity index (χ0n) is 12.4. The summed E-state index contributed by atoms with van der Waals surface area (Å²) in [6.45, 7) is 1.37. The largest absolute Gasteiger partial charge is 0.345 e. The molecule has 0 radical (unpaired) electrons. The number of benzene rings is 1. The molecule has 0 spiro atoms. The molecule has 0 aliphatic rings. The molecule has 0 atom stereocenters. The summed E-state index contributed by atoms with van der Waals surface area (Å²) in [6, 6.07) is 5.52. The number of amides is 1. The molecule has 4 nitrogen and oxygen atoms in total. The number of nitrogens with zero attached hydrogens (tertiary/aromatic N) is 2. The molecule has 0 saturated carbocycles. The molecule has 0 aliphatic carbocycles. The average Bonchev–Trinajstić information content (AvgIpc) is 2.46. The van der Waals surface area contributed by atoms with Crippen LogP contribution in [0, 0.1) is 5.82 Å². The van der Waals surface area contributed by atoms with Crippen LogP contribution < -0.4 is 0 Å². The van der Waals surface area contributed by atoms with Crippen LogP contribution in [0.3, 0.4) is 0 Å². The van der Waals surface area contributed by atoms with Gasteiger partial charge in [0, 0.05) is 42.5 Å². The number of pyridine rings is 1. The number of halogens is 2. The Kier molecular flexibility index (Phi) is 4.56. The standard InChI is InChI=1S/C16H14ClFN2O2/c1-9(21)12-7-15(17)19-8-13(12)11-5-4-10(6-14(11)18)16(22)20(2)3/h4-8H,1-3H3. The summed E-state index contributed by atoms with van der Waals surface area (Å²) in [4.78, 5) is 28.8. The van der Waals surface area contributed by atoms with Gasteiger partial charge in [-0.3, -0.25) is 9.59 Å². The molecule has 0 fully saturated rings. The van der Waals surface area contributed by atoms with Gasteiger partial charge in [-0.1, -0.05) is 17.7 Å². The molecule has 0 aliphatic heterocycles. The van der Waals surface area contributed by atoms with Crippen molar-refractivity contribution in [2.45, 2.75) is 6.92 Å². The predicted octanol–water partition coefficient (Wildman–Crippen LogP) is 3.45. The Balaban J connectivity index is 2.55. The van der Waals surface area contributed by atoms with Crippen molar-refractivity contribution in [1.82, 2.24) is 9.88 Å². The maximum Gasteiger partial charge on any atom is 0.253 e. The maximum absolute atomic E-state index is 14.4. The molecule has 2 aromatic rings. The molecule has 6 heteroatoms. The monoisotopic (exact) mass is 320 g/mol. The van der Waals surface area contributed by atoms with E-state index in [1.54, 1.807) is 14.1 Å². The summed E-state index contributed by atoms with van der Waals surface area (Å²) < 4.78 is 14.4. The third-order valence-corrected chi connectivity index (χ3v) is 3.37. The van der Waals surface area contributed by atoms with Gasteiger partial charge in [0.25, 0.3) is 5.91 Å². The van der Waals surface area contributed by atoms with E-state index >= 15 is 0 Å². The van der Waals surface area contributed by atoms with Gasteiger partial charge in [0.15, 0.2) is 5.78 Å². The number of hydrogen-bond donors (Lipinski definition) is 0. The van der Waals surface area contributed by atoms with Gasteiger partial charge in [-0.05, 0) is 25.1 Å². The van der Waals surface area contributed by atoms with Crippen LogP contribution >= 0.6 is 11.6 Å². The topological polar surface area (TPSA) is 50.3 Å². The van der Waals surface area contributed by atoms with Gasteiger partial charge in [-0.15, -0.1) is 0 Å². The Morgan fingerprint density at radius 3 is 2.41 bits per heavy atom. The van der Waals surface area contributed by atoms with E-state index in [0.29, 0.717) is 5.56 Å². The predicted molar refractivity (Wildman–Crippen MR) is 82.7 cm³/mol. The Morgan fingerprint density at radius 1 is 1.18 bits per heavy atom. The van der Waals surface area contributed by atoms with E-state index in [9.17, 15) is 14.0 Å². The molecule has 1 aromatic heterocycles. The Bertz CT molecular complexity index is 760. The zero-order valence-corrected chi connectivity index (χ0v) is 13.1. The van der Waals surface area contributed by atoms with Crippen LogP contribution in [0.1, 0.15) is 27.6 Å². The van der Waals surface area contributed by atoms with Gasteiger partial charge in [0.05, 0.1) is 0 Å². The van der Waals surface area contributed by atoms with Gasteiger partial charge < -0.3 is 4.90 Å². The summed E-state index contributed by atoms with van der Waals surface area (Å²) in [5.74, 6) is -1.14. The van der Waals surface area contributed by atoms with E-state index in [1.165, 1.54) is 36.2 Å². The van der Waals surface area contributed by atoms with Crippen molar-refractivity contribution in [2.24, 2.45) is 0 Å². The quantitative estimate of drug-likeness (QED) is 0.643. The Hall–Kier alpha value is -2.27. The Labute approximate surface area is 132 Å². The summed E-state index contributed by atoms with van der Waals surface area (Å²) in [7, 11) is 3.18. The van der Waals surface area contributed by atoms with E-state index < -0.39 is 5.82 Å². The molecule has 0 unspecified atom stereocenters. The van der Waals surface area contributed by atoms with Gasteiger partial charge in [0.2, 0.25) is 0 Å². The summed E-state index contributed by atoms with van der Waals surface area (Å²) in [5.41, 5.74) is 1.06. The van der Waals surface area contributed by atoms with Crippen LogP contribution in [0.25, 0.3) is 11.1 Å². The maximum atomic E-state index is 14.4. The minimum absolute atomic E-state index is 0.161. The van der Waals surface area contributed by atoms with E-state index in [-0.39, 0.29) is 33.5 Å². The minimum Gasteiger partial charge on any atom is -0.345 e. The summed E-state index contributed by atoms with van der Waals surface area (Å²) in [5, 5.41) is 0.161. The molecule has 1 amide bonds. The number of hydrogen-bond acceptors (Lipinski definition) is 3. The van der Waals surface area contributed by atoms with Crippen molar-refractivity contribution in [3.8, 4) is 11.1 Å². The van der Waals surface area contributed by atoms with E-state index in [2.05, 4.69) is 4.98 Å². The first-order chi connectivity index (χ1) is 10.3. The van der Waals surface area contributed by atoms with Gasteiger partial charge >= 0.3 is 0 Å². The highest BCUT2D eigenvalue weighted by Gasteiger charge is 2.17. The molecule has 2 rings (SSSR count). The molecular weight excluding hydrogens is 307 g/mol. The second-order valence-electron chi connectivity index (χ2n) is 5.00. The molecule has 0 bridgehead atoms. The molecular formula is C16H14ClFN2O2. The average molecular weight is 321 g/mol. The SMILES string of the molecule is CC(=O)c1cc(Cl)ncc1-c1ccc(C(=O)N(C)C)cc1F. The van der Waals surface area contributed by atoms with E-state index in [1.807, 2.05) is 0 Å². The number of carbonyl (C=O) groups excluding carboxylic acids is 2.